The van der Waals surface area contributed by atoms with Gasteiger partial charge in [0, 0.05) is 12.8 Å². The number of phosphoric acid groups is 1. The molecule has 3 atom stereocenters. The number of carbonyl (C=O) groups is 2. The summed E-state index contributed by atoms with van der Waals surface area (Å²) >= 11 is 0. The van der Waals surface area contributed by atoms with Crippen molar-refractivity contribution < 1.29 is 37.3 Å². The average Bonchev–Trinajstić information content (AvgIpc) is 3.40. The van der Waals surface area contributed by atoms with E-state index >= 15 is 0 Å². The summed E-state index contributed by atoms with van der Waals surface area (Å²) in [5.41, 5.74) is 0. The van der Waals surface area contributed by atoms with Gasteiger partial charge < -0.3 is 19.4 Å². The number of carbonyl (C=O) groups excluding carboxylic acids is 2. The lowest BCUT2D eigenvalue weighted by molar-refractivity contribution is -0.870. The van der Waals surface area contributed by atoms with Gasteiger partial charge in [-0.25, -0.2) is 4.57 Å². The van der Waals surface area contributed by atoms with Gasteiger partial charge in [-0.2, -0.15) is 0 Å². The highest BCUT2D eigenvalue weighted by molar-refractivity contribution is 7.47. The number of amides is 1. The van der Waals surface area contributed by atoms with Crippen molar-refractivity contribution in [3.63, 3.8) is 0 Å². The fourth-order valence-corrected chi connectivity index (χ4v) is 10.3. The molecule has 0 aromatic rings. The molecule has 0 saturated carbocycles. The monoisotopic (exact) mass is 1120 g/mol. The van der Waals surface area contributed by atoms with E-state index in [2.05, 4.69) is 74.7 Å². The summed E-state index contributed by atoms with van der Waals surface area (Å²) in [5.74, 6) is -0.517. The van der Waals surface area contributed by atoms with Crippen molar-refractivity contribution in [2.24, 2.45) is 0 Å². The molecular weight excluding hydrogens is 988 g/mol. The normalized spacial score (nSPS) is 14.0. The van der Waals surface area contributed by atoms with Gasteiger partial charge in [0.15, 0.2) is 0 Å². The molecule has 0 aromatic heterocycles. The molecule has 0 aromatic carbocycles. The molecule has 1 amide bonds. The third-order valence-corrected chi connectivity index (χ3v) is 15.7. The predicted octanol–water partition coefficient (Wildman–Crippen LogP) is 20.6. The fraction of sp³-hybridized carbons (Fsp3) is 0.824. The Morgan fingerprint density at radius 2 is 0.782 bits per heavy atom. The lowest BCUT2D eigenvalue weighted by Crippen LogP contribution is -2.47. The average molecular weight is 1120 g/mol. The molecular formula is C68H128N2O7P+. The maximum Gasteiger partial charge on any atom is 0.472 e. The van der Waals surface area contributed by atoms with Crippen LogP contribution in [0.25, 0.3) is 0 Å². The third kappa shape index (κ3) is 58.4. The molecule has 10 heteroatoms. The first kappa shape index (κ1) is 75.7. The molecule has 0 saturated heterocycles. The van der Waals surface area contributed by atoms with Gasteiger partial charge in [0.1, 0.15) is 19.3 Å². The van der Waals surface area contributed by atoms with E-state index in [-0.39, 0.29) is 31.5 Å². The first-order valence-corrected chi connectivity index (χ1v) is 34.6. The number of ether oxygens (including phenoxy) is 1. The number of esters is 1. The highest BCUT2D eigenvalue weighted by Crippen LogP contribution is 2.43. The Bertz CT molecular complexity index is 1520. The quantitative estimate of drug-likeness (QED) is 0.0205. The number of rotatable bonds is 60. The second-order valence-electron chi connectivity index (χ2n) is 23.6. The molecule has 456 valence electrons. The van der Waals surface area contributed by atoms with E-state index in [1.807, 2.05) is 33.3 Å². The molecule has 0 fully saturated rings. The van der Waals surface area contributed by atoms with Gasteiger partial charge >= 0.3 is 13.8 Å². The molecule has 0 aliphatic carbocycles. The van der Waals surface area contributed by atoms with Crippen LogP contribution in [0, 0.1) is 0 Å². The Labute approximate surface area is 483 Å². The topological polar surface area (TPSA) is 111 Å². The Kier molecular flexibility index (Phi) is 56.2. The third-order valence-electron chi connectivity index (χ3n) is 14.7. The molecule has 0 bridgehead atoms. The van der Waals surface area contributed by atoms with E-state index in [1.165, 1.54) is 193 Å². The van der Waals surface area contributed by atoms with E-state index in [9.17, 15) is 19.0 Å². The molecule has 0 heterocycles. The predicted molar refractivity (Wildman–Crippen MR) is 337 cm³/mol. The van der Waals surface area contributed by atoms with Crippen molar-refractivity contribution in [1.29, 1.82) is 0 Å². The smallest absolute Gasteiger partial charge is 0.456 e. The second kappa shape index (κ2) is 57.9. The van der Waals surface area contributed by atoms with E-state index in [0.717, 1.165) is 83.5 Å². The number of likely N-dealkylation sites (N-methyl/N-ethyl adjacent to an activating group) is 1. The summed E-state index contributed by atoms with van der Waals surface area (Å²) in [6.07, 6.45) is 73.8. The van der Waals surface area contributed by atoms with Crippen LogP contribution in [-0.4, -0.2) is 74.3 Å². The van der Waals surface area contributed by atoms with Gasteiger partial charge in [0.2, 0.25) is 5.91 Å². The van der Waals surface area contributed by atoms with E-state index in [4.69, 9.17) is 13.8 Å². The molecule has 9 nitrogen and oxygen atoms in total. The highest BCUT2D eigenvalue weighted by Gasteiger charge is 2.30. The van der Waals surface area contributed by atoms with Crippen LogP contribution in [0.5, 0.6) is 0 Å². The molecule has 0 aliphatic rings. The summed E-state index contributed by atoms with van der Waals surface area (Å²) in [5, 5.41) is 3.05. The zero-order valence-electron chi connectivity index (χ0n) is 52.2. The van der Waals surface area contributed by atoms with Gasteiger partial charge in [-0.05, 0) is 96.0 Å². The summed E-state index contributed by atoms with van der Waals surface area (Å²) in [4.78, 5) is 37.7. The SMILES string of the molecule is CCCCC/C=C\C/C=C\C/C=C\CCCCCCCCCCCCCCCCC(=O)OC(/C=C\CCCCCCCCCCC)C(COP(=O)(O)OCC[N+](C)(C)C)NC(=O)CCCCC/C=C\CCCCCCCCC. The molecule has 0 spiro atoms. The van der Waals surface area contributed by atoms with Gasteiger partial charge in [-0.3, -0.25) is 18.6 Å². The zero-order valence-corrected chi connectivity index (χ0v) is 53.1. The second-order valence-corrected chi connectivity index (χ2v) is 25.1. The highest BCUT2D eigenvalue weighted by atomic mass is 31.2. The van der Waals surface area contributed by atoms with Gasteiger partial charge in [0.05, 0.1) is 33.8 Å². The van der Waals surface area contributed by atoms with Crippen molar-refractivity contribution in [3.05, 3.63) is 60.8 Å². The molecule has 2 N–H and O–H groups in total. The summed E-state index contributed by atoms with van der Waals surface area (Å²) in [6.45, 7) is 6.99. The van der Waals surface area contributed by atoms with Crippen LogP contribution < -0.4 is 5.32 Å². The molecule has 0 rings (SSSR count). The van der Waals surface area contributed by atoms with E-state index in [1.54, 1.807) is 0 Å². The zero-order chi connectivity index (χ0) is 57.2. The van der Waals surface area contributed by atoms with Crippen molar-refractivity contribution in [3.8, 4) is 0 Å². The summed E-state index contributed by atoms with van der Waals surface area (Å²) in [6, 6.07) is -0.855. The van der Waals surface area contributed by atoms with E-state index in [0.29, 0.717) is 17.4 Å². The van der Waals surface area contributed by atoms with Crippen molar-refractivity contribution in [2.75, 3.05) is 40.9 Å². The number of phosphoric ester groups is 1. The van der Waals surface area contributed by atoms with Gasteiger partial charge in [0.25, 0.3) is 0 Å². The molecule has 0 aliphatic heterocycles. The first-order valence-electron chi connectivity index (χ1n) is 33.1. The number of nitrogens with one attached hydrogen (secondary N) is 1. The largest absolute Gasteiger partial charge is 0.472 e. The lowest BCUT2D eigenvalue weighted by Gasteiger charge is -2.27. The fourth-order valence-electron chi connectivity index (χ4n) is 9.53. The van der Waals surface area contributed by atoms with Crippen molar-refractivity contribution in [2.45, 2.75) is 322 Å². The van der Waals surface area contributed by atoms with Gasteiger partial charge in [-0.15, -0.1) is 0 Å². The minimum absolute atomic E-state index is 0.0375. The Morgan fingerprint density at radius 3 is 1.22 bits per heavy atom. The Hall–Kier alpha value is -2.29. The van der Waals surface area contributed by atoms with Crippen LogP contribution in [0.1, 0.15) is 310 Å². The Balaban J connectivity index is 5.01. The van der Waals surface area contributed by atoms with Crippen LogP contribution in [-0.2, 0) is 27.9 Å². The van der Waals surface area contributed by atoms with Crippen molar-refractivity contribution >= 4 is 19.7 Å². The number of hydrogen-bond donors (Lipinski definition) is 2. The number of hydrogen-bond acceptors (Lipinski definition) is 6. The van der Waals surface area contributed by atoms with Crippen LogP contribution in [0.4, 0.5) is 0 Å². The van der Waals surface area contributed by atoms with Crippen LogP contribution in [0.2, 0.25) is 0 Å². The maximum absolute atomic E-state index is 13.5. The number of allylic oxidation sites excluding steroid dienone is 9. The standard InChI is InChI=1S/C68H127N2O7P/c1-7-10-13-16-19-22-25-27-29-30-31-32-33-34-35-36-37-38-39-40-41-43-46-49-52-55-58-61-68(72)77-66(59-56-53-50-47-44-24-21-18-15-12-9-3)65(64-76-78(73,74)75-63-62-70(4,5)6)69-67(71)60-57-54-51-48-45-42-28-26-23-20-17-14-11-8-2/h19,22,27,29,31-32,42,45,56,59,65-66H,7-18,20-21,23-26,28,30,33-41,43-44,46-55,57-58,60-64H2,1-6H3,(H-,69,71,73,74)/p+1/b22-19-,29-27-,32-31-,45-42-,59-56-. The summed E-state index contributed by atoms with van der Waals surface area (Å²) in [7, 11) is 1.49. The van der Waals surface area contributed by atoms with E-state index < -0.39 is 20.0 Å². The number of quaternary nitrogens is 1. The Morgan fingerprint density at radius 1 is 0.449 bits per heavy atom. The lowest BCUT2D eigenvalue weighted by atomic mass is 10.0. The minimum atomic E-state index is -4.45. The van der Waals surface area contributed by atoms with Gasteiger partial charge in [-0.1, -0.05) is 262 Å². The minimum Gasteiger partial charge on any atom is -0.456 e. The first-order chi connectivity index (χ1) is 37.9. The maximum atomic E-state index is 13.5. The van der Waals surface area contributed by atoms with Crippen molar-refractivity contribution in [1.82, 2.24) is 5.32 Å². The van der Waals surface area contributed by atoms with Crippen LogP contribution in [0.3, 0.4) is 0 Å². The number of nitrogens with zero attached hydrogens (tertiary/aromatic N) is 1. The van der Waals surface area contributed by atoms with Crippen LogP contribution in [0.15, 0.2) is 60.8 Å². The summed E-state index contributed by atoms with van der Waals surface area (Å²) < 4.78 is 30.7. The molecule has 3 unspecified atom stereocenters. The molecule has 78 heavy (non-hydrogen) atoms. The number of unbranched alkanes of at least 4 members (excludes halogenated alkanes) is 36. The molecule has 0 radical (unpaired) electrons. The van der Waals surface area contributed by atoms with Crippen LogP contribution >= 0.6 is 7.82 Å².